The quantitative estimate of drug-likeness (QED) is 0.538. The normalized spacial score (nSPS) is 17.0. The van der Waals surface area contributed by atoms with Gasteiger partial charge in [0.25, 0.3) is 0 Å². The van der Waals surface area contributed by atoms with Crippen LogP contribution in [-0.2, 0) is 4.79 Å². The average molecular weight is 311 g/mol. The van der Waals surface area contributed by atoms with E-state index in [1.165, 1.54) is 0 Å². The van der Waals surface area contributed by atoms with Gasteiger partial charge in [-0.05, 0) is 19.3 Å². The van der Waals surface area contributed by atoms with Crippen LogP contribution >= 0.6 is 0 Å². The number of rotatable bonds is 7. The first kappa shape index (κ1) is 18.7. The maximum Gasteiger partial charge on any atom is 0.219 e. The molecule has 1 amide bonds. The van der Waals surface area contributed by atoms with Crippen molar-refractivity contribution < 1.29 is 4.79 Å². The van der Waals surface area contributed by atoms with E-state index in [2.05, 4.69) is 41.3 Å². The highest BCUT2D eigenvalue weighted by molar-refractivity contribution is 5.79. The Hall–Kier alpha value is -1.30. The number of nitrogens with one attached hydrogen (secondary N) is 2. The van der Waals surface area contributed by atoms with Gasteiger partial charge < -0.3 is 15.5 Å². The van der Waals surface area contributed by atoms with Gasteiger partial charge in [-0.2, -0.15) is 0 Å². The molecule has 6 heteroatoms. The number of carbonyl (C=O) groups excluding carboxylic acids is 1. The summed E-state index contributed by atoms with van der Waals surface area (Å²) in [5.41, 5.74) is 0. The highest BCUT2D eigenvalue weighted by atomic mass is 16.2. The van der Waals surface area contributed by atoms with Crippen molar-refractivity contribution in [2.24, 2.45) is 10.9 Å². The number of guanidine groups is 1. The molecule has 2 N–H and O–H groups in total. The molecule has 0 aliphatic carbocycles. The van der Waals surface area contributed by atoms with Crippen LogP contribution in [0.5, 0.6) is 0 Å². The Morgan fingerprint density at radius 2 is 1.86 bits per heavy atom. The molecular weight excluding hydrogens is 278 g/mol. The molecule has 0 aromatic rings. The predicted molar refractivity (Wildman–Crippen MR) is 92.1 cm³/mol. The molecule has 0 aromatic carbocycles. The molecule has 0 spiro atoms. The molecule has 1 heterocycles. The number of hydrogen-bond donors (Lipinski definition) is 2. The van der Waals surface area contributed by atoms with Gasteiger partial charge >= 0.3 is 0 Å². The van der Waals surface area contributed by atoms with Gasteiger partial charge in [0.15, 0.2) is 5.96 Å². The smallest absolute Gasteiger partial charge is 0.219 e. The number of nitrogens with zero attached hydrogens (tertiary/aromatic N) is 3. The van der Waals surface area contributed by atoms with Crippen molar-refractivity contribution in [2.45, 2.75) is 34.1 Å². The summed E-state index contributed by atoms with van der Waals surface area (Å²) in [5.74, 6) is 1.78. The van der Waals surface area contributed by atoms with Gasteiger partial charge in [0.2, 0.25) is 5.91 Å². The maximum atomic E-state index is 11.3. The van der Waals surface area contributed by atoms with Crippen LogP contribution in [0.1, 0.15) is 34.1 Å². The van der Waals surface area contributed by atoms with E-state index in [-0.39, 0.29) is 5.91 Å². The third kappa shape index (κ3) is 7.64. The molecule has 1 saturated heterocycles. The molecule has 0 unspecified atom stereocenters. The number of carbonyl (C=O) groups is 1. The average Bonchev–Trinajstić information content (AvgIpc) is 2.47. The highest BCUT2D eigenvalue weighted by Gasteiger charge is 2.17. The lowest BCUT2D eigenvalue weighted by molar-refractivity contribution is -0.130. The van der Waals surface area contributed by atoms with E-state index in [1.54, 1.807) is 6.92 Å². The first-order valence-corrected chi connectivity index (χ1v) is 8.53. The Balaban J connectivity index is 2.24. The summed E-state index contributed by atoms with van der Waals surface area (Å²) in [4.78, 5) is 20.2. The van der Waals surface area contributed by atoms with Crippen LogP contribution in [0.15, 0.2) is 4.99 Å². The fourth-order valence-electron chi connectivity index (χ4n) is 2.40. The number of aliphatic imine (C=N–C) groups is 1. The van der Waals surface area contributed by atoms with E-state index in [1.807, 2.05) is 4.90 Å². The second-order valence-corrected chi connectivity index (χ2v) is 6.22. The SMILES string of the molecule is CCNC(=NCCC(C)C)NCCN1CCN(C(C)=O)CC1. The lowest BCUT2D eigenvalue weighted by atomic mass is 10.1. The van der Waals surface area contributed by atoms with Gasteiger partial charge in [0, 0.05) is 59.3 Å². The minimum atomic E-state index is 0.185. The van der Waals surface area contributed by atoms with Crippen LogP contribution in [0.3, 0.4) is 0 Å². The summed E-state index contributed by atoms with van der Waals surface area (Å²) in [7, 11) is 0. The minimum Gasteiger partial charge on any atom is -0.357 e. The van der Waals surface area contributed by atoms with E-state index in [4.69, 9.17) is 0 Å². The zero-order chi connectivity index (χ0) is 16.4. The van der Waals surface area contributed by atoms with E-state index in [0.29, 0.717) is 5.92 Å². The Kier molecular flexibility index (Phi) is 8.89. The Morgan fingerprint density at radius 3 is 2.41 bits per heavy atom. The maximum absolute atomic E-state index is 11.3. The molecule has 0 radical (unpaired) electrons. The lowest BCUT2D eigenvalue weighted by Gasteiger charge is -2.34. The van der Waals surface area contributed by atoms with Crippen LogP contribution in [0.2, 0.25) is 0 Å². The van der Waals surface area contributed by atoms with E-state index < -0.39 is 0 Å². The summed E-state index contributed by atoms with van der Waals surface area (Å²) in [5, 5.41) is 6.68. The Labute approximate surface area is 135 Å². The summed E-state index contributed by atoms with van der Waals surface area (Å²) in [6, 6.07) is 0. The van der Waals surface area contributed by atoms with Crippen molar-refractivity contribution in [1.29, 1.82) is 0 Å². The van der Waals surface area contributed by atoms with Crippen molar-refractivity contribution in [3.63, 3.8) is 0 Å². The number of piperazine rings is 1. The van der Waals surface area contributed by atoms with E-state index in [0.717, 1.165) is 64.7 Å². The van der Waals surface area contributed by atoms with Crippen molar-refractivity contribution in [3.05, 3.63) is 0 Å². The largest absolute Gasteiger partial charge is 0.357 e. The van der Waals surface area contributed by atoms with Gasteiger partial charge in [-0.3, -0.25) is 14.7 Å². The van der Waals surface area contributed by atoms with Crippen LogP contribution in [0.4, 0.5) is 0 Å². The van der Waals surface area contributed by atoms with Gasteiger partial charge in [-0.1, -0.05) is 13.8 Å². The van der Waals surface area contributed by atoms with Crippen LogP contribution in [0, 0.1) is 5.92 Å². The fourth-order valence-corrected chi connectivity index (χ4v) is 2.40. The molecule has 0 bridgehead atoms. The summed E-state index contributed by atoms with van der Waals surface area (Å²) in [6.45, 7) is 15.4. The second kappa shape index (κ2) is 10.4. The van der Waals surface area contributed by atoms with Crippen LogP contribution < -0.4 is 10.6 Å². The molecule has 128 valence electrons. The topological polar surface area (TPSA) is 60.0 Å². The zero-order valence-electron chi connectivity index (χ0n) is 14.7. The Morgan fingerprint density at radius 1 is 1.18 bits per heavy atom. The standard InChI is InChI=1S/C16H33N5O/c1-5-17-16(18-7-6-14(2)3)19-8-9-20-10-12-21(13-11-20)15(4)22/h14H,5-13H2,1-4H3,(H2,17,18,19). The highest BCUT2D eigenvalue weighted by Crippen LogP contribution is 2.01. The summed E-state index contributed by atoms with van der Waals surface area (Å²) < 4.78 is 0. The summed E-state index contributed by atoms with van der Waals surface area (Å²) in [6.07, 6.45) is 1.11. The minimum absolute atomic E-state index is 0.185. The van der Waals surface area contributed by atoms with Crippen LogP contribution in [0.25, 0.3) is 0 Å². The van der Waals surface area contributed by atoms with E-state index >= 15 is 0 Å². The van der Waals surface area contributed by atoms with Gasteiger partial charge in [-0.15, -0.1) is 0 Å². The van der Waals surface area contributed by atoms with Crippen molar-refractivity contribution in [3.8, 4) is 0 Å². The molecule has 22 heavy (non-hydrogen) atoms. The number of amides is 1. The first-order valence-electron chi connectivity index (χ1n) is 8.53. The molecule has 1 aliphatic rings. The van der Waals surface area contributed by atoms with Crippen molar-refractivity contribution in [2.75, 3.05) is 52.4 Å². The first-order chi connectivity index (χ1) is 10.5. The van der Waals surface area contributed by atoms with Gasteiger partial charge in [-0.25, -0.2) is 0 Å². The molecule has 1 aliphatic heterocycles. The lowest BCUT2D eigenvalue weighted by Crippen LogP contribution is -2.50. The second-order valence-electron chi connectivity index (χ2n) is 6.22. The van der Waals surface area contributed by atoms with Gasteiger partial charge in [0.05, 0.1) is 0 Å². The molecule has 1 fully saturated rings. The van der Waals surface area contributed by atoms with Crippen molar-refractivity contribution >= 4 is 11.9 Å². The molecule has 0 saturated carbocycles. The molecule has 6 nitrogen and oxygen atoms in total. The zero-order valence-corrected chi connectivity index (χ0v) is 14.7. The third-order valence-electron chi connectivity index (χ3n) is 3.86. The fraction of sp³-hybridized carbons (Fsp3) is 0.875. The predicted octanol–water partition coefficient (Wildman–Crippen LogP) is 0.752. The summed E-state index contributed by atoms with van der Waals surface area (Å²) >= 11 is 0. The molecule has 1 rings (SSSR count). The third-order valence-corrected chi connectivity index (χ3v) is 3.86. The van der Waals surface area contributed by atoms with Crippen LogP contribution in [-0.4, -0.2) is 74.0 Å². The van der Waals surface area contributed by atoms with E-state index in [9.17, 15) is 4.79 Å². The molecular formula is C16H33N5O. The molecule has 0 atom stereocenters. The van der Waals surface area contributed by atoms with Gasteiger partial charge in [0.1, 0.15) is 0 Å². The van der Waals surface area contributed by atoms with Crippen molar-refractivity contribution in [1.82, 2.24) is 20.4 Å². The molecule has 0 aromatic heterocycles. The monoisotopic (exact) mass is 311 g/mol. The Bertz CT molecular complexity index is 348. The number of hydrogen-bond acceptors (Lipinski definition) is 3.